The van der Waals surface area contributed by atoms with Gasteiger partial charge in [0.2, 0.25) is 0 Å². The van der Waals surface area contributed by atoms with Crippen molar-refractivity contribution >= 4 is 23.8 Å². The van der Waals surface area contributed by atoms with Crippen LogP contribution in [0.1, 0.15) is 19.8 Å². The van der Waals surface area contributed by atoms with E-state index in [9.17, 15) is 9.59 Å². The van der Waals surface area contributed by atoms with Gasteiger partial charge in [-0.2, -0.15) is 11.8 Å². The molecule has 2 amide bonds. The van der Waals surface area contributed by atoms with E-state index >= 15 is 0 Å². The lowest BCUT2D eigenvalue weighted by Crippen LogP contribution is -2.47. The second-order valence-corrected chi connectivity index (χ2v) is 5.96. The van der Waals surface area contributed by atoms with Crippen LogP contribution >= 0.6 is 11.8 Å². The van der Waals surface area contributed by atoms with E-state index < -0.39 is 12.0 Å². The lowest BCUT2D eigenvalue weighted by Gasteiger charge is -2.21. The zero-order valence-electron chi connectivity index (χ0n) is 11.2. The first-order chi connectivity index (χ1) is 8.45. The van der Waals surface area contributed by atoms with E-state index in [1.54, 1.807) is 23.7 Å². The van der Waals surface area contributed by atoms with Gasteiger partial charge in [0, 0.05) is 13.6 Å². The third kappa shape index (κ3) is 4.76. The van der Waals surface area contributed by atoms with Crippen molar-refractivity contribution in [2.75, 3.05) is 25.6 Å². The molecule has 2 N–H and O–H groups in total. The monoisotopic (exact) mass is 274 g/mol. The molecule has 6 heteroatoms. The highest BCUT2D eigenvalue weighted by Crippen LogP contribution is 2.37. The number of nitrogens with one attached hydrogen (secondary N) is 1. The molecule has 3 atom stereocenters. The predicted molar refractivity (Wildman–Crippen MR) is 72.9 cm³/mol. The first-order valence-corrected chi connectivity index (χ1v) is 7.58. The van der Waals surface area contributed by atoms with E-state index in [4.69, 9.17) is 5.11 Å². The third-order valence-electron chi connectivity index (χ3n) is 3.34. The fourth-order valence-electron chi connectivity index (χ4n) is 1.84. The van der Waals surface area contributed by atoms with Crippen LogP contribution in [0.2, 0.25) is 0 Å². The number of carbonyl (C=O) groups excluding carboxylic acids is 1. The third-order valence-corrected chi connectivity index (χ3v) is 3.98. The molecular weight excluding hydrogens is 252 g/mol. The van der Waals surface area contributed by atoms with Crippen molar-refractivity contribution in [2.45, 2.75) is 25.8 Å². The molecule has 0 saturated heterocycles. The molecule has 0 spiro atoms. The highest BCUT2D eigenvalue weighted by Gasteiger charge is 2.34. The van der Waals surface area contributed by atoms with Gasteiger partial charge in [-0.15, -0.1) is 0 Å². The second-order valence-electron chi connectivity index (χ2n) is 4.98. The lowest BCUT2D eigenvalue weighted by molar-refractivity contribution is -0.139. The van der Waals surface area contributed by atoms with Crippen LogP contribution in [0.3, 0.4) is 0 Å². The maximum atomic E-state index is 11.8. The molecule has 5 nitrogen and oxygen atoms in total. The largest absolute Gasteiger partial charge is 0.480 e. The number of nitrogens with zero attached hydrogens (tertiary/aromatic N) is 1. The van der Waals surface area contributed by atoms with Crippen LogP contribution in [-0.4, -0.2) is 53.6 Å². The van der Waals surface area contributed by atoms with Crippen LogP contribution in [0.4, 0.5) is 4.79 Å². The smallest absolute Gasteiger partial charge is 0.326 e. The van der Waals surface area contributed by atoms with E-state index in [0.717, 1.165) is 12.2 Å². The summed E-state index contributed by atoms with van der Waals surface area (Å²) in [5, 5.41) is 11.6. The van der Waals surface area contributed by atoms with Crippen LogP contribution in [0.5, 0.6) is 0 Å². The van der Waals surface area contributed by atoms with Crippen molar-refractivity contribution in [3.8, 4) is 0 Å². The summed E-state index contributed by atoms with van der Waals surface area (Å²) in [4.78, 5) is 24.4. The van der Waals surface area contributed by atoms with Gasteiger partial charge >= 0.3 is 12.0 Å². The zero-order chi connectivity index (χ0) is 13.7. The predicted octanol–water partition coefficient (Wildman–Crippen LogP) is 1.49. The van der Waals surface area contributed by atoms with Crippen molar-refractivity contribution in [1.29, 1.82) is 0 Å². The number of urea groups is 1. The number of carboxylic acids is 1. The Morgan fingerprint density at radius 1 is 1.56 bits per heavy atom. The van der Waals surface area contributed by atoms with Gasteiger partial charge in [-0.3, -0.25) is 0 Å². The van der Waals surface area contributed by atoms with Gasteiger partial charge < -0.3 is 15.3 Å². The van der Waals surface area contributed by atoms with Gasteiger partial charge in [-0.25, -0.2) is 9.59 Å². The number of hydrogen-bond donors (Lipinski definition) is 2. The van der Waals surface area contributed by atoms with Gasteiger partial charge in [0.15, 0.2) is 0 Å². The molecule has 0 bridgehead atoms. The molecule has 1 saturated carbocycles. The molecule has 0 radical (unpaired) electrons. The molecule has 0 aromatic rings. The van der Waals surface area contributed by atoms with Gasteiger partial charge in [-0.05, 0) is 36.7 Å². The lowest BCUT2D eigenvalue weighted by atomic mass is 10.2. The topological polar surface area (TPSA) is 69.6 Å². The summed E-state index contributed by atoms with van der Waals surface area (Å²) in [5.41, 5.74) is 0. The Bertz CT molecular complexity index is 312. The number of rotatable bonds is 7. The summed E-state index contributed by atoms with van der Waals surface area (Å²) in [6, 6.07) is -1.08. The average molecular weight is 274 g/mol. The van der Waals surface area contributed by atoms with Crippen molar-refractivity contribution < 1.29 is 14.7 Å². The van der Waals surface area contributed by atoms with E-state index in [2.05, 4.69) is 12.2 Å². The van der Waals surface area contributed by atoms with E-state index in [1.807, 2.05) is 6.26 Å². The van der Waals surface area contributed by atoms with E-state index in [0.29, 0.717) is 24.8 Å². The molecule has 0 aliphatic heterocycles. The van der Waals surface area contributed by atoms with Crippen molar-refractivity contribution in [1.82, 2.24) is 10.2 Å². The van der Waals surface area contributed by atoms with Crippen LogP contribution in [0.25, 0.3) is 0 Å². The molecule has 0 aromatic heterocycles. The van der Waals surface area contributed by atoms with Crippen LogP contribution in [0, 0.1) is 11.8 Å². The van der Waals surface area contributed by atoms with Crippen molar-refractivity contribution in [3.05, 3.63) is 0 Å². The Kier molecular flexibility index (Phi) is 5.78. The standard InChI is InChI=1S/C12H22N2O3S/c1-8-6-9(8)7-14(2)12(17)13-10(11(15)16)4-5-18-3/h8-10H,4-7H2,1-3H3,(H,13,17)(H,15,16)/t8?,9?,10-/m0/s1. The van der Waals surface area contributed by atoms with E-state index in [-0.39, 0.29) is 6.03 Å². The summed E-state index contributed by atoms with van der Waals surface area (Å²) < 4.78 is 0. The Hall–Kier alpha value is -0.910. The number of aliphatic carboxylic acids is 1. The van der Waals surface area contributed by atoms with Crippen molar-refractivity contribution in [2.24, 2.45) is 11.8 Å². The van der Waals surface area contributed by atoms with Gasteiger partial charge in [-0.1, -0.05) is 6.92 Å². The minimum Gasteiger partial charge on any atom is -0.480 e. The normalized spacial score (nSPS) is 23.3. The fourth-order valence-corrected chi connectivity index (χ4v) is 2.31. The Morgan fingerprint density at radius 2 is 2.17 bits per heavy atom. The average Bonchev–Trinajstić information content (AvgIpc) is 2.99. The van der Waals surface area contributed by atoms with Gasteiger partial charge in [0.05, 0.1) is 0 Å². The maximum absolute atomic E-state index is 11.8. The molecule has 0 aromatic carbocycles. The number of carbonyl (C=O) groups is 2. The molecule has 1 aliphatic rings. The SMILES string of the molecule is CSCC[C@H](NC(=O)N(C)CC1CC1C)C(=O)O. The number of amides is 2. The van der Waals surface area contributed by atoms with E-state index in [1.165, 1.54) is 0 Å². The molecular formula is C12H22N2O3S. The molecule has 1 rings (SSSR count). The van der Waals surface area contributed by atoms with Crippen molar-refractivity contribution in [3.63, 3.8) is 0 Å². The molecule has 1 aliphatic carbocycles. The number of hydrogen-bond acceptors (Lipinski definition) is 3. The molecule has 18 heavy (non-hydrogen) atoms. The summed E-state index contributed by atoms with van der Waals surface area (Å²) in [6.45, 7) is 2.87. The minimum atomic E-state index is -0.967. The van der Waals surface area contributed by atoms with Crippen LogP contribution in [0.15, 0.2) is 0 Å². The molecule has 0 heterocycles. The number of carboxylic acid groups (broad SMARTS) is 1. The minimum absolute atomic E-state index is 0.289. The maximum Gasteiger partial charge on any atom is 0.326 e. The Labute approximate surface area is 112 Å². The van der Waals surface area contributed by atoms with Gasteiger partial charge in [0.25, 0.3) is 0 Å². The molecule has 2 unspecified atom stereocenters. The fraction of sp³-hybridized carbons (Fsp3) is 0.833. The van der Waals surface area contributed by atoms with Crippen LogP contribution in [-0.2, 0) is 4.79 Å². The van der Waals surface area contributed by atoms with Gasteiger partial charge in [0.1, 0.15) is 6.04 Å². The molecule has 104 valence electrons. The Balaban J connectivity index is 2.36. The molecule has 1 fully saturated rings. The summed E-state index contributed by atoms with van der Waals surface area (Å²) in [7, 11) is 1.72. The second kappa shape index (κ2) is 6.87. The number of thioether (sulfide) groups is 1. The summed E-state index contributed by atoms with van der Waals surface area (Å²) in [5.74, 6) is 1.02. The summed E-state index contributed by atoms with van der Waals surface area (Å²) in [6.07, 6.45) is 3.53. The first kappa shape index (κ1) is 15.1. The quantitative estimate of drug-likeness (QED) is 0.738. The zero-order valence-corrected chi connectivity index (χ0v) is 12.0. The highest BCUT2D eigenvalue weighted by molar-refractivity contribution is 7.98. The summed E-state index contributed by atoms with van der Waals surface area (Å²) >= 11 is 1.58. The van der Waals surface area contributed by atoms with Crippen LogP contribution < -0.4 is 5.32 Å². The first-order valence-electron chi connectivity index (χ1n) is 6.19. The highest BCUT2D eigenvalue weighted by atomic mass is 32.2. The Morgan fingerprint density at radius 3 is 2.61 bits per heavy atom.